The highest BCUT2D eigenvalue weighted by atomic mass is 16.4. The van der Waals surface area contributed by atoms with Crippen LogP contribution in [0.5, 0.6) is 0 Å². The molecule has 1 amide bonds. The van der Waals surface area contributed by atoms with Crippen LogP contribution in [-0.4, -0.2) is 40.0 Å². The van der Waals surface area contributed by atoms with Crippen molar-refractivity contribution in [3.8, 4) is 0 Å². The number of hydrogen-bond acceptors (Lipinski definition) is 3. The molecule has 5 heteroatoms. The second-order valence-corrected chi connectivity index (χ2v) is 6.23. The number of nitrogens with zero attached hydrogens (tertiary/aromatic N) is 1. The molecule has 114 valence electrons. The average molecular weight is 282 g/mol. The first kappa shape index (κ1) is 15.3. The third-order valence-corrected chi connectivity index (χ3v) is 4.95. The van der Waals surface area contributed by atoms with Crippen LogP contribution in [0.15, 0.2) is 0 Å². The summed E-state index contributed by atoms with van der Waals surface area (Å²) in [5.41, 5.74) is 5.11. The van der Waals surface area contributed by atoms with Crippen molar-refractivity contribution < 1.29 is 14.7 Å². The first-order chi connectivity index (χ1) is 9.53. The van der Waals surface area contributed by atoms with Crippen molar-refractivity contribution in [2.24, 2.45) is 11.7 Å². The molecule has 1 heterocycles. The molecule has 1 aliphatic heterocycles. The molecule has 3 N–H and O–H groups in total. The van der Waals surface area contributed by atoms with Gasteiger partial charge < -0.3 is 15.7 Å². The highest BCUT2D eigenvalue weighted by molar-refractivity contribution is 5.89. The van der Waals surface area contributed by atoms with Crippen LogP contribution in [0, 0.1) is 5.92 Å². The number of carboxylic acids is 1. The van der Waals surface area contributed by atoms with Crippen molar-refractivity contribution in [1.29, 1.82) is 0 Å². The van der Waals surface area contributed by atoms with Crippen LogP contribution in [0.3, 0.4) is 0 Å². The smallest absolute Gasteiger partial charge is 0.329 e. The minimum atomic E-state index is -0.983. The Hall–Kier alpha value is -1.10. The zero-order chi connectivity index (χ0) is 14.8. The minimum Gasteiger partial charge on any atom is -0.479 e. The van der Waals surface area contributed by atoms with Gasteiger partial charge in [0.15, 0.2) is 0 Å². The van der Waals surface area contributed by atoms with E-state index in [-0.39, 0.29) is 17.9 Å². The molecule has 20 heavy (non-hydrogen) atoms. The Kier molecular flexibility index (Phi) is 4.68. The summed E-state index contributed by atoms with van der Waals surface area (Å²) in [4.78, 5) is 26.2. The summed E-state index contributed by atoms with van der Waals surface area (Å²) in [6.45, 7) is 2.53. The van der Waals surface area contributed by atoms with Crippen molar-refractivity contribution in [1.82, 2.24) is 4.90 Å². The Bertz CT molecular complexity index is 385. The van der Waals surface area contributed by atoms with Crippen LogP contribution in [0.25, 0.3) is 0 Å². The number of carbonyl (C=O) groups excluding carboxylic acids is 1. The lowest BCUT2D eigenvalue weighted by atomic mass is 9.82. The van der Waals surface area contributed by atoms with E-state index in [1.807, 2.05) is 6.92 Å². The van der Waals surface area contributed by atoms with Gasteiger partial charge in [0, 0.05) is 12.6 Å². The maximum Gasteiger partial charge on any atom is 0.329 e. The van der Waals surface area contributed by atoms with Gasteiger partial charge >= 0.3 is 5.97 Å². The Balaban J connectivity index is 2.20. The average Bonchev–Trinajstić information content (AvgIpc) is 2.84. The van der Waals surface area contributed by atoms with Gasteiger partial charge in [0.25, 0.3) is 0 Å². The minimum absolute atomic E-state index is 0.0226. The van der Waals surface area contributed by atoms with E-state index < -0.39 is 11.5 Å². The summed E-state index contributed by atoms with van der Waals surface area (Å²) in [5.74, 6) is -1.06. The van der Waals surface area contributed by atoms with E-state index in [1.165, 1.54) is 0 Å². The maximum atomic E-state index is 12.8. The summed E-state index contributed by atoms with van der Waals surface area (Å²) in [5, 5.41) is 9.65. The fraction of sp³-hybridized carbons (Fsp3) is 0.867. The Morgan fingerprint density at radius 3 is 2.60 bits per heavy atom. The maximum absolute atomic E-state index is 12.8. The number of rotatable bonds is 4. The molecule has 3 unspecified atom stereocenters. The molecule has 2 aliphatic rings. The number of hydrogen-bond donors (Lipinski definition) is 2. The molecule has 1 aliphatic carbocycles. The number of likely N-dealkylation sites (tertiary alicyclic amines) is 1. The molecule has 0 bridgehead atoms. The van der Waals surface area contributed by atoms with Gasteiger partial charge in [-0.05, 0) is 32.1 Å². The molecule has 0 aromatic heterocycles. The van der Waals surface area contributed by atoms with E-state index in [0.717, 1.165) is 38.5 Å². The van der Waals surface area contributed by atoms with Gasteiger partial charge in [0.2, 0.25) is 5.91 Å². The van der Waals surface area contributed by atoms with Crippen LogP contribution in [0.1, 0.15) is 58.3 Å². The van der Waals surface area contributed by atoms with Gasteiger partial charge in [-0.15, -0.1) is 0 Å². The zero-order valence-electron chi connectivity index (χ0n) is 12.3. The molecule has 2 fully saturated rings. The van der Waals surface area contributed by atoms with Crippen LogP contribution in [-0.2, 0) is 9.59 Å². The molecule has 0 spiro atoms. The second-order valence-electron chi connectivity index (χ2n) is 6.23. The number of aliphatic carboxylic acids is 1. The van der Waals surface area contributed by atoms with E-state index in [4.69, 9.17) is 5.73 Å². The largest absolute Gasteiger partial charge is 0.479 e. The summed E-state index contributed by atoms with van der Waals surface area (Å²) >= 11 is 0. The highest BCUT2D eigenvalue weighted by Gasteiger charge is 2.50. The van der Waals surface area contributed by atoms with Crippen LogP contribution in [0.4, 0.5) is 0 Å². The molecule has 5 nitrogen and oxygen atoms in total. The summed E-state index contributed by atoms with van der Waals surface area (Å²) in [7, 11) is 0. The van der Waals surface area contributed by atoms with Crippen molar-refractivity contribution in [3.63, 3.8) is 0 Å². The lowest BCUT2D eigenvalue weighted by Gasteiger charge is -2.39. The van der Waals surface area contributed by atoms with Gasteiger partial charge in [-0.2, -0.15) is 0 Å². The molecule has 1 saturated carbocycles. The second kappa shape index (κ2) is 6.12. The number of carbonyl (C=O) groups is 2. The van der Waals surface area contributed by atoms with Gasteiger partial charge in [-0.3, -0.25) is 4.79 Å². The van der Waals surface area contributed by atoms with E-state index in [0.29, 0.717) is 19.4 Å². The van der Waals surface area contributed by atoms with Gasteiger partial charge in [-0.1, -0.05) is 26.2 Å². The van der Waals surface area contributed by atoms with E-state index in [2.05, 4.69) is 0 Å². The van der Waals surface area contributed by atoms with Crippen LogP contribution >= 0.6 is 0 Å². The fourth-order valence-electron chi connectivity index (χ4n) is 3.87. The lowest BCUT2D eigenvalue weighted by molar-refractivity contribution is -0.159. The van der Waals surface area contributed by atoms with E-state index in [9.17, 15) is 14.7 Å². The Labute approximate surface area is 120 Å². The first-order valence-corrected chi connectivity index (χ1v) is 7.83. The number of amides is 1. The molecule has 0 aromatic carbocycles. The molecule has 0 radical (unpaired) electrons. The quantitative estimate of drug-likeness (QED) is 0.823. The van der Waals surface area contributed by atoms with Crippen molar-refractivity contribution in [2.45, 2.75) is 69.9 Å². The van der Waals surface area contributed by atoms with E-state index >= 15 is 0 Å². The SMILES string of the molecule is CCCC1(C(=O)O)CCCN1C(=O)C1CCCCC1N. The predicted molar refractivity (Wildman–Crippen MR) is 76.2 cm³/mol. The fourth-order valence-corrected chi connectivity index (χ4v) is 3.87. The Morgan fingerprint density at radius 1 is 1.30 bits per heavy atom. The third-order valence-electron chi connectivity index (χ3n) is 4.95. The molecule has 2 rings (SSSR count). The molecule has 0 aromatic rings. The number of nitrogens with two attached hydrogens (primary N) is 1. The van der Waals surface area contributed by atoms with E-state index in [1.54, 1.807) is 4.90 Å². The number of carboxylic acid groups (broad SMARTS) is 1. The monoisotopic (exact) mass is 282 g/mol. The van der Waals surface area contributed by atoms with Crippen LogP contribution in [0.2, 0.25) is 0 Å². The van der Waals surface area contributed by atoms with Crippen molar-refractivity contribution in [3.05, 3.63) is 0 Å². The topological polar surface area (TPSA) is 83.6 Å². The summed E-state index contributed by atoms with van der Waals surface area (Å²) in [6, 6.07) is -0.107. The van der Waals surface area contributed by atoms with Gasteiger partial charge in [0.05, 0.1) is 5.92 Å². The summed E-state index contributed by atoms with van der Waals surface area (Å²) in [6.07, 6.45) is 6.43. The molecule has 1 saturated heterocycles. The van der Waals surface area contributed by atoms with Gasteiger partial charge in [-0.25, -0.2) is 4.79 Å². The first-order valence-electron chi connectivity index (χ1n) is 7.83. The van der Waals surface area contributed by atoms with Crippen LogP contribution < -0.4 is 5.73 Å². The summed E-state index contributed by atoms with van der Waals surface area (Å²) < 4.78 is 0. The van der Waals surface area contributed by atoms with Crippen molar-refractivity contribution in [2.75, 3.05) is 6.54 Å². The highest BCUT2D eigenvalue weighted by Crippen LogP contribution is 2.37. The molecule has 3 atom stereocenters. The Morgan fingerprint density at radius 2 is 2.00 bits per heavy atom. The zero-order valence-corrected chi connectivity index (χ0v) is 12.3. The predicted octanol–water partition coefficient (Wildman–Crippen LogP) is 1.75. The third kappa shape index (κ3) is 2.55. The molecular weight excluding hydrogens is 256 g/mol. The molecular formula is C15H26N2O3. The van der Waals surface area contributed by atoms with Gasteiger partial charge in [0.1, 0.15) is 5.54 Å². The standard InChI is InChI=1S/C15H26N2O3/c1-2-8-15(14(19)20)9-5-10-17(15)13(18)11-6-3-4-7-12(11)16/h11-12H,2-10,16H2,1H3,(H,19,20). The normalized spacial score (nSPS) is 34.2. The lowest BCUT2D eigenvalue weighted by Crippen LogP contribution is -2.56. The van der Waals surface area contributed by atoms with Crippen molar-refractivity contribution >= 4 is 11.9 Å².